The molecule has 1 aliphatic heterocycles. The smallest absolute Gasteiger partial charge is 0.325 e. The number of hydrogen-bond acceptors (Lipinski definition) is 4. The van der Waals surface area contributed by atoms with Crippen LogP contribution in [0, 0.1) is 5.92 Å². The molecule has 1 aromatic heterocycles. The van der Waals surface area contributed by atoms with E-state index in [1.165, 1.54) is 0 Å². The summed E-state index contributed by atoms with van der Waals surface area (Å²) in [7, 11) is 1.69. The summed E-state index contributed by atoms with van der Waals surface area (Å²) < 4.78 is 0. The summed E-state index contributed by atoms with van der Waals surface area (Å²) in [5.74, 6) is -0.367. The van der Waals surface area contributed by atoms with Gasteiger partial charge in [0.05, 0.1) is 0 Å². The molecule has 2 atom stereocenters. The van der Waals surface area contributed by atoms with Crippen molar-refractivity contribution in [3.8, 4) is 0 Å². The monoisotopic (exact) mass is 349 g/mol. The van der Waals surface area contributed by atoms with E-state index in [9.17, 15) is 14.4 Å². The summed E-state index contributed by atoms with van der Waals surface area (Å²) in [5.41, 5.74) is 0.243. The van der Waals surface area contributed by atoms with Crippen molar-refractivity contribution < 1.29 is 14.4 Å². The van der Waals surface area contributed by atoms with Gasteiger partial charge in [0.15, 0.2) is 0 Å². The number of nitrogens with zero attached hydrogens (tertiary/aromatic N) is 2. The molecule has 1 N–H and O–H groups in total. The molecule has 6 nitrogen and oxygen atoms in total. The van der Waals surface area contributed by atoms with Gasteiger partial charge in [-0.05, 0) is 41.1 Å². The number of thiophene rings is 1. The van der Waals surface area contributed by atoms with Crippen LogP contribution in [0.5, 0.6) is 0 Å². The Morgan fingerprint density at radius 2 is 2.25 bits per heavy atom. The second kappa shape index (κ2) is 6.55. The zero-order chi connectivity index (χ0) is 17.3. The van der Waals surface area contributed by atoms with Crippen LogP contribution in [0.1, 0.15) is 38.2 Å². The molecule has 0 aromatic carbocycles. The number of urea groups is 1. The Labute approximate surface area is 145 Å². The summed E-state index contributed by atoms with van der Waals surface area (Å²) in [6.45, 7) is 2.29. The molecule has 130 valence electrons. The SMILES string of the molecule is C[C@H]1CCCC[C@]12NC(=O)N(CC(=O)N(C)Cc1ccsc1)C2=O. The van der Waals surface area contributed by atoms with Crippen molar-refractivity contribution in [3.63, 3.8) is 0 Å². The number of imide groups is 1. The zero-order valence-corrected chi connectivity index (χ0v) is 14.9. The van der Waals surface area contributed by atoms with E-state index in [4.69, 9.17) is 0 Å². The fourth-order valence-corrected chi connectivity index (χ4v) is 4.30. The first-order valence-corrected chi connectivity index (χ1v) is 9.27. The molecule has 1 aliphatic carbocycles. The molecule has 1 saturated heterocycles. The highest BCUT2D eigenvalue weighted by molar-refractivity contribution is 7.07. The molecule has 3 rings (SSSR count). The lowest BCUT2D eigenvalue weighted by atomic mass is 9.73. The largest absolute Gasteiger partial charge is 0.340 e. The average molecular weight is 349 g/mol. The summed E-state index contributed by atoms with van der Waals surface area (Å²) in [4.78, 5) is 40.2. The van der Waals surface area contributed by atoms with Gasteiger partial charge in [-0.3, -0.25) is 14.5 Å². The third kappa shape index (κ3) is 2.92. The maximum Gasteiger partial charge on any atom is 0.325 e. The fourth-order valence-electron chi connectivity index (χ4n) is 3.64. The highest BCUT2D eigenvalue weighted by Gasteiger charge is 2.55. The van der Waals surface area contributed by atoms with E-state index in [2.05, 4.69) is 5.32 Å². The van der Waals surface area contributed by atoms with Crippen molar-refractivity contribution in [2.75, 3.05) is 13.6 Å². The van der Waals surface area contributed by atoms with Gasteiger partial charge in [-0.25, -0.2) is 4.79 Å². The van der Waals surface area contributed by atoms with E-state index in [1.807, 2.05) is 23.8 Å². The number of nitrogens with one attached hydrogen (secondary N) is 1. The Bertz CT molecular complexity index is 646. The summed E-state index contributed by atoms with van der Waals surface area (Å²) >= 11 is 1.58. The first-order chi connectivity index (χ1) is 11.4. The van der Waals surface area contributed by atoms with E-state index in [-0.39, 0.29) is 24.3 Å². The van der Waals surface area contributed by atoms with Gasteiger partial charge in [-0.1, -0.05) is 19.8 Å². The third-order valence-corrected chi connectivity index (χ3v) is 5.95. The maximum absolute atomic E-state index is 12.9. The minimum absolute atomic E-state index is 0.103. The highest BCUT2D eigenvalue weighted by atomic mass is 32.1. The van der Waals surface area contributed by atoms with Crippen LogP contribution in [0.25, 0.3) is 0 Å². The molecule has 2 fully saturated rings. The van der Waals surface area contributed by atoms with Gasteiger partial charge < -0.3 is 10.2 Å². The van der Waals surface area contributed by atoms with Crippen LogP contribution in [-0.4, -0.2) is 46.8 Å². The Morgan fingerprint density at radius 3 is 2.92 bits per heavy atom. The first kappa shape index (κ1) is 17.0. The molecule has 7 heteroatoms. The molecule has 0 radical (unpaired) electrons. The molecular weight excluding hydrogens is 326 g/mol. The number of rotatable bonds is 4. The number of carbonyl (C=O) groups excluding carboxylic acids is 3. The lowest BCUT2D eigenvalue weighted by molar-refractivity contribution is -0.140. The quantitative estimate of drug-likeness (QED) is 0.847. The van der Waals surface area contributed by atoms with Gasteiger partial charge in [0.1, 0.15) is 12.1 Å². The van der Waals surface area contributed by atoms with Crippen molar-refractivity contribution in [1.82, 2.24) is 15.1 Å². The molecule has 4 amide bonds. The van der Waals surface area contributed by atoms with Crippen LogP contribution in [0.4, 0.5) is 4.79 Å². The van der Waals surface area contributed by atoms with Crippen LogP contribution in [0.2, 0.25) is 0 Å². The number of carbonyl (C=O) groups is 3. The third-order valence-electron chi connectivity index (χ3n) is 5.22. The molecular formula is C17H23N3O3S. The second-order valence-corrected chi connectivity index (χ2v) is 7.60. The van der Waals surface area contributed by atoms with E-state index in [0.29, 0.717) is 13.0 Å². The van der Waals surface area contributed by atoms with Crippen LogP contribution >= 0.6 is 11.3 Å². The molecule has 1 spiro atoms. The molecule has 1 aromatic rings. The molecule has 2 heterocycles. The Morgan fingerprint density at radius 1 is 1.46 bits per heavy atom. The van der Waals surface area contributed by atoms with Gasteiger partial charge in [0.2, 0.25) is 5.91 Å². The number of likely N-dealkylation sites (N-methyl/N-ethyl adjacent to an activating group) is 1. The first-order valence-electron chi connectivity index (χ1n) is 8.33. The normalized spacial score (nSPS) is 26.8. The van der Waals surface area contributed by atoms with Crippen molar-refractivity contribution >= 4 is 29.2 Å². The van der Waals surface area contributed by atoms with E-state index in [0.717, 1.165) is 29.7 Å². The Kier molecular flexibility index (Phi) is 4.62. The van der Waals surface area contributed by atoms with Crippen LogP contribution in [-0.2, 0) is 16.1 Å². The van der Waals surface area contributed by atoms with Crippen LogP contribution in [0.15, 0.2) is 16.8 Å². The topological polar surface area (TPSA) is 69.7 Å². The zero-order valence-electron chi connectivity index (χ0n) is 14.1. The van der Waals surface area contributed by atoms with Crippen molar-refractivity contribution in [2.45, 2.75) is 44.7 Å². The van der Waals surface area contributed by atoms with Gasteiger partial charge in [-0.2, -0.15) is 11.3 Å². The summed E-state index contributed by atoms with van der Waals surface area (Å²) in [6, 6.07) is 1.52. The maximum atomic E-state index is 12.9. The van der Waals surface area contributed by atoms with Crippen molar-refractivity contribution in [2.24, 2.45) is 5.92 Å². The molecule has 2 aliphatic rings. The van der Waals surface area contributed by atoms with E-state index in [1.54, 1.807) is 23.3 Å². The lowest BCUT2D eigenvalue weighted by Crippen LogP contribution is -2.54. The summed E-state index contributed by atoms with van der Waals surface area (Å²) in [6.07, 6.45) is 3.59. The average Bonchev–Trinajstić information content (AvgIpc) is 3.13. The fraction of sp³-hybridized carbons (Fsp3) is 0.588. The van der Waals surface area contributed by atoms with Gasteiger partial charge in [0.25, 0.3) is 5.91 Å². The molecule has 0 unspecified atom stereocenters. The van der Waals surface area contributed by atoms with Crippen LogP contribution < -0.4 is 5.32 Å². The van der Waals surface area contributed by atoms with Crippen molar-refractivity contribution in [1.29, 1.82) is 0 Å². The molecule has 1 saturated carbocycles. The summed E-state index contributed by atoms with van der Waals surface area (Å²) in [5, 5.41) is 6.82. The minimum atomic E-state index is -0.804. The van der Waals surface area contributed by atoms with Gasteiger partial charge >= 0.3 is 6.03 Å². The Balaban J connectivity index is 1.67. The van der Waals surface area contributed by atoms with Crippen molar-refractivity contribution in [3.05, 3.63) is 22.4 Å². The van der Waals surface area contributed by atoms with Gasteiger partial charge in [0, 0.05) is 13.6 Å². The number of amides is 4. The highest BCUT2D eigenvalue weighted by Crippen LogP contribution is 2.38. The predicted octanol–water partition coefficient (Wildman–Crippen LogP) is 2.21. The predicted molar refractivity (Wildman–Crippen MR) is 91.4 cm³/mol. The molecule has 0 bridgehead atoms. The standard InChI is InChI=1S/C17H23N3O3S/c1-12-5-3-4-7-17(12)15(22)20(16(23)18-17)10-14(21)19(2)9-13-6-8-24-11-13/h6,8,11-12H,3-5,7,9-10H2,1-2H3,(H,18,23)/t12-,17-/m0/s1. The van der Waals surface area contributed by atoms with E-state index >= 15 is 0 Å². The van der Waals surface area contributed by atoms with E-state index < -0.39 is 11.6 Å². The second-order valence-electron chi connectivity index (χ2n) is 6.82. The minimum Gasteiger partial charge on any atom is -0.340 e. The lowest BCUT2D eigenvalue weighted by Gasteiger charge is -2.36. The number of hydrogen-bond donors (Lipinski definition) is 1. The van der Waals surface area contributed by atoms with Crippen LogP contribution in [0.3, 0.4) is 0 Å². The molecule has 24 heavy (non-hydrogen) atoms. The van der Waals surface area contributed by atoms with Gasteiger partial charge in [-0.15, -0.1) is 0 Å². The Hall–Kier alpha value is -1.89.